The van der Waals surface area contributed by atoms with Gasteiger partial charge in [0.1, 0.15) is 12.4 Å². The van der Waals surface area contributed by atoms with Crippen LogP contribution >= 0.6 is 0 Å². The van der Waals surface area contributed by atoms with Crippen molar-refractivity contribution < 1.29 is 31.9 Å². The van der Waals surface area contributed by atoms with E-state index in [1.54, 1.807) is 68.8 Å². The lowest BCUT2D eigenvalue weighted by Gasteiger charge is -2.24. The lowest BCUT2D eigenvalue weighted by atomic mass is 10.1. The highest BCUT2D eigenvalue weighted by Crippen LogP contribution is 2.28. The van der Waals surface area contributed by atoms with Crippen LogP contribution in [0.1, 0.15) is 21.5 Å². The van der Waals surface area contributed by atoms with Crippen LogP contribution in [0.5, 0.6) is 11.5 Å². The molecule has 4 aromatic carbocycles. The van der Waals surface area contributed by atoms with Crippen molar-refractivity contribution in [3.63, 3.8) is 0 Å². The maximum Gasteiger partial charge on any atom is 0.264 e. The summed E-state index contributed by atoms with van der Waals surface area (Å²) in [5.74, 6) is -0.480. The van der Waals surface area contributed by atoms with E-state index >= 15 is 0 Å². The van der Waals surface area contributed by atoms with Crippen molar-refractivity contribution in [3.8, 4) is 11.5 Å². The summed E-state index contributed by atoms with van der Waals surface area (Å²) in [6.45, 7) is 1.58. The quantitative estimate of drug-likeness (QED) is 0.236. The number of aryl methyl sites for hydroxylation is 1. The van der Waals surface area contributed by atoms with Crippen LogP contribution in [0.2, 0.25) is 0 Å². The molecule has 9 nitrogen and oxygen atoms in total. The number of nitrogens with zero attached hydrogens (tertiary/aromatic N) is 1. The summed E-state index contributed by atoms with van der Waals surface area (Å²) in [6, 6.07) is 22.9. The maximum atomic E-state index is 13.5. The Morgan fingerprint density at radius 3 is 2.21 bits per heavy atom. The molecule has 0 radical (unpaired) electrons. The summed E-state index contributed by atoms with van der Waals surface area (Å²) >= 11 is 0. The molecule has 4 aromatic rings. The zero-order valence-corrected chi connectivity index (χ0v) is 24.8. The molecule has 4 rings (SSSR count). The molecule has 0 heterocycles. The molecule has 0 fully saturated rings. The number of anilines is 2. The van der Waals surface area contributed by atoms with Crippen LogP contribution in [0.25, 0.3) is 0 Å². The second-order valence-electron chi connectivity index (χ2n) is 9.59. The number of nitrogens with one attached hydrogen (secondary N) is 2. The Morgan fingerprint density at radius 1 is 0.860 bits per heavy atom. The van der Waals surface area contributed by atoms with E-state index in [1.165, 1.54) is 0 Å². The van der Waals surface area contributed by atoms with Crippen LogP contribution in [0.4, 0.5) is 15.8 Å². The molecule has 0 aliphatic carbocycles. The van der Waals surface area contributed by atoms with Crippen LogP contribution in [-0.2, 0) is 21.2 Å². The molecular weight excluding hydrogens is 573 g/mol. The monoisotopic (exact) mass is 605 g/mol. The Hall–Kier alpha value is -4.90. The molecule has 0 aliphatic rings. The second kappa shape index (κ2) is 13.8. The fourth-order valence-electron chi connectivity index (χ4n) is 4.32. The summed E-state index contributed by atoms with van der Waals surface area (Å²) in [6.07, 6.45) is 0.521. The maximum absolute atomic E-state index is 13.5. The van der Waals surface area contributed by atoms with Crippen LogP contribution < -0.4 is 24.4 Å². The van der Waals surface area contributed by atoms with E-state index in [4.69, 9.17) is 9.47 Å². The topological polar surface area (TPSA) is 114 Å². The number of sulfonamides is 1. The Morgan fingerprint density at radius 2 is 1.53 bits per heavy atom. The highest BCUT2D eigenvalue weighted by Gasteiger charge is 2.28. The van der Waals surface area contributed by atoms with Gasteiger partial charge in [0.2, 0.25) is 5.91 Å². The number of para-hydroxylation sites is 1. The van der Waals surface area contributed by atoms with E-state index in [-0.39, 0.29) is 21.8 Å². The average Bonchev–Trinajstić information content (AvgIpc) is 3.00. The number of carbonyl (C=O) groups is 2. The first kappa shape index (κ1) is 31.0. The molecule has 2 N–H and O–H groups in total. The van der Waals surface area contributed by atoms with Crippen molar-refractivity contribution in [2.45, 2.75) is 18.2 Å². The number of methoxy groups -OCH3 is 2. The fraction of sp³-hybridized carbons (Fsp3) is 0.188. The highest BCUT2D eigenvalue weighted by atomic mass is 32.2. The molecule has 43 heavy (non-hydrogen) atoms. The van der Waals surface area contributed by atoms with E-state index in [1.807, 2.05) is 19.1 Å². The van der Waals surface area contributed by atoms with Gasteiger partial charge in [-0.05, 0) is 79.6 Å². The van der Waals surface area contributed by atoms with Gasteiger partial charge in [0, 0.05) is 6.54 Å². The number of hydrogen-bond acceptors (Lipinski definition) is 6. The molecule has 0 saturated heterocycles. The van der Waals surface area contributed by atoms with Crippen LogP contribution in [0, 0.1) is 12.7 Å². The van der Waals surface area contributed by atoms with Gasteiger partial charge in [-0.15, -0.1) is 0 Å². The predicted octanol–water partition coefficient (Wildman–Crippen LogP) is 4.96. The molecule has 224 valence electrons. The number of rotatable bonds is 12. The van der Waals surface area contributed by atoms with Crippen molar-refractivity contribution in [1.29, 1.82) is 0 Å². The summed E-state index contributed by atoms with van der Waals surface area (Å²) in [7, 11) is -1.13. The van der Waals surface area contributed by atoms with E-state index < -0.39 is 34.2 Å². The number of amides is 2. The molecule has 0 atom stereocenters. The lowest BCUT2D eigenvalue weighted by Crippen LogP contribution is -2.38. The minimum Gasteiger partial charge on any atom is -0.493 e. The van der Waals surface area contributed by atoms with E-state index in [9.17, 15) is 22.4 Å². The molecule has 0 bridgehead atoms. The van der Waals surface area contributed by atoms with E-state index in [0.717, 1.165) is 39.7 Å². The van der Waals surface area contributed by atoms with E-state index in [2.05, 4.69) is 10.6 Å². The molecule has 0 unspecified atom stereocenters. The van der Waals surface area contributed by atoms with Crippen LogP contribution in [-0.4, -0.2) is 47.5 Å². The second-order valence-corrected chi connectivity index (χ2v) is 11.5. The van der Waals surface area contributed by atoms with Gasteiger partial charge >= 0.3 is 0 Å². The Labute approximate surface area is 250 Å². The number of benzene rings is 4. The lowest BCUT2D eigenvalue weighted by molar-refractivity contribution is -0.114. The van der Waals surface area contributed by atoms with Gasteiger partial charge in [0.15, 0.2) is 11.5 Å². The van der Waals surface area contributed by atoms with Crippen molar-refractivity contribution in [1.82, 2.24) is 5.32 Å². The fourth-order valence-corrected chi connectivity index (χ4v) is 5.74. The summed E-state index contributed by atoms with van der Waals surface area (Å²) in [5.41, 5.74) is 2.52. The molecule has 0 saturated carbocycles. The standard InChI is InChI=1S/C32H32FN3O6S/c1-22-8-13-25(14-9-22)36(43(39,40)26-15-11-24(33)12-16-26)21-31(37)35-28-7-5-4-6-27(28)32(38)34-19-18-23-10-17-29(41-2)30(20-23)42-3/h4-17,20H,18-19,21H2,1-3H3,(H,34,38)(H,35,37). The van der Waals surface area contributed by atoms with Gasteiger partial charge in [0.05, 0.1) is 36.1 Å². The zero-order chi connectivity index (χ0) is 31.0. The third-order valence-corrected chi connectivity index (χ3v) is 8.39. The molecule has 0 aliphatic heterocycles. The number of ether oxygens (including phenoxy) is 2. The Kier molecular flexibility index (Phi) is 9.99. The zero-order valence-electron chi connectivity index (χ0n) is 24.0. The highest BCUT2D eigenvalue weighted by molar-refractivity contribution is 7.92. The van der Waals surface area contributed by atoms with Gasteiger partial charge in [-0.1, -0.05) is 35.9 Å². The summed E-state index contributed by atoms with van der Waals surface area (Å²) < 4.78 is 52.1. The first-order valence-corrected chi connectivity index (χ1v) is 14.8. The molecule has 0 spiro atoms. The van der Waals surface area contributed by atoms with Gasteiger partial charge < -0.3 is 20.1 Å². The molecule has 0 aromatic heterocycles. The van der Waals surface area contributed by atoms with Crippen molar-refractivity contribution in [3.05, 3.63) is 114 Å². The molecule has 2 amide bonds. The SMILES string of the molecule is COc1ccc(CCNC(=O)c2ccccc2NC(=O)CN(c2ccc(C)cc2)S(=O)(=O)c2ccc(F)cc2)cc1OC. The van der Waals surface area contributed by atoms with Crippen molar-refractivity contribution >= 4 is 33.2 Å². The Bertz CT molecular complexity index is 1690. The van der Waals surface area contributed by atoms with Gasteiger partial charge in [0.25, 0.3) is 15.9 Å². The van der Waals surface area contributed by atoms with Gasteiger partial charge in [-0.3, -0.25) is 13.9 Å². The van der Waals surface area contributed by atoms with Crippen LogP contribution in [0.15, 0.2) is 95.9 Å². The first-order chi connectivity index (χ1) is 20.6. The number of hydrogen-bond donors (Lipinski definition) is 2. The summed E-state index contributed by atoms with van der Waals surface area (Å²) in [5, 5.41) is 5.53. The van der Waals surface area contributed by atoms with Crippen molar-refractivity contribution in [2.75, 3.05) is 36.9 Å². The smallest absolute Gasteiger partial charge is 0.264 e. The molecule has 11 heteroatoms. The minimum atomic E-state index is -4.24. The minimum absolute atomic E-state index is 0.170. The van der Waals surface area contributed by atoms with Gasteiger partial charge in [-0.25, -0.2) is 12.8 Å². The van der Waals surface area contributed by atoms with E-state index in [0.29, 0.717) is 24.5 Å². The largest absolute Gasteiger partial charge is 0.493 e. The first-order valence-electron chi connectivity index (χ1n) is 13.4. The third-order valence-electron chi connectivity index (χ3n) is 6.60. The third kappa shape index (κ3) is 7.69. The predicted molar refractivity (Wildman–Crippen MR) is 163 cm³/mol. The van der Waals surface area contributed by atoms with Gasteiger partial charge in [-0.2, -0.15) is 0 Å². The normalized spacial score (nSPS) is 11.0. The Balaban J connectivity index is 1.48. The summed E-state index contributed by atoms with van der Waals surface area (Å²) in [4.78, 5) is 26.1. The molecular formula is C32H32FN3O6S. The number of carbonyl (C=O) groups excluding carboxylic acids is 2. The van der Waals surface area contributed by atoms with Crippen LogP contribution in [0.3, 0.4) is 0 Å². The van der Waals surface area contributed by atoms with Crippen molar-refractivity contribution in [2.24, 2.45) is 0 Å². The number of halogens is 1. The average molecular weight is 606 g/mol.